The molecule has 1 aromatic carbocycles. The summed E-state index contributed by atoms with van der Waals surface area (Å²) in [5.41, 5.74) is 1.74. The highest BCUT2D eigenvalue weighted by Gasteiger charge is 2.35. The zero-order chi connectivity index (χ0) is 18.9. The molecule has 0 fully saturated rings. The van der Waals surface area contributed by atoms with E-state index in [1.807, 2.05) is 0 Å². The summed E-state index contributed by atoms with van der Waals surface area (Å²) in [5.74, 6) is -0.225. The van der Waals surface area contributed by atoms with E-state index in [0.717, 1.165) is 5.56 Å². The Morgan fingerprint density at radius 2 is 2.15 bits per heavy atom. The van der Waals surface area contributed by atoms with E-state index in [9.17, 15) is 9.59 Å². The lowest BCUT2D eigenvalue weighted by Crippen LogP contribution is -2.47. The Hall–Kier alpha value is -2.58. The van der Waals surface area contributed by atoms with Crippen molar-refractivity contribution in [1.29, 1.82) is 0 Å². The van der Waals surface area contributed by atoms with Crippen LogP contribution in [0.5, 0.6) is 5.75 Å². The number of hydroxylamine groups is 1. The Balaban J connectivity index is 1.84. The molecule has 0 atom stereocenters. The second-order valence-corrected chi connectivity index (χ2v) is 6.94. The van der Waals surface area contributed by atoms with Crippen molar-refractivity contribution in [2.24, 2.45) is 0 Å². The van der Waals surface area contributed by atoms with Crippen LogP contribution in [-0.4, -0.2) is 44.9 Å². The van der Waals surface area contributed by atoms with Gasteiger partial charge in [-0.2, -0.15) is 5.10 Å². The summed E-state index contributed by atoms with van der Waals surface area (Å²) in [6, 6.07) is 4.83. The lowest BCUT2D eigenvalue weighted by atomic mass is 10.0. The van der Waals surface area contributed by atoms with Gasteiger partial charge in [-0.05, 0) is 26.0 Å². The summed E-state index contributed by atoms with van der Waals surface area (Å²) in [7, 11) is 0. The van der Waals surface area contributed by atoms with Crippen LogP contribution < -0.4 is 10.2 Å². The molecule has 26 heavy (non-hydrogen) atoms. The fraction of sp³-hybridized carbons (Fsp3) is 0.353. The first kappa shape index (κ1) is 18.2. The molecule has 1 aliphatic heterocycles. The standard InChI is InChI=1S/C17H19ClN4O4/c1-17(2,22-10-13(18)8-19-22)16(24)21-5-6-26-14-7-11(15(23)20-25)3-4-12(14)9-21/h3-4,7-8,10,25H,5-6,9H2,1-2H3,(H,20,23). The van der Waals surface area contributed by atoms with Gasteiger partial charge in [-0.1, -0.05) is 17.7 Å². The molecule has 0 bridgehead atoms. The number of hydrogen-bond donors (Lipinski definition) is 2. The van der Waals surface area contributed by atoms with Gasteiger partial charge in [0.1, 0.15) is 17.9 Å². The van der Waals surface area contributed by atoms with Gasteiger partial charge in [0.15, 0.2) is 0 Å². The molecule has 0 radical (unpaired) electrons. The zero-order valence-corrected chi connectivity index (χ0v) is 15.2. The molecule has 0 saturated carbocycles. The van der Waals surface area contributed by atoms with Gasteiger partial charge in [0.05, 0.1) is 17.8 Å². The largest absolute Gasteiger partial charge is 0.491 e. The van der Waals surface area contributed by atoms with Gasteiger partial charge in [-0.3, -0.25) is 19.5 Å². The maximum absolute atomic E-state index is 13.1. The number of fused-ring (bicyclic) bond motifs is 1. The summed E-state index contributed by atoms with van der Waals surface area (Å²) in [6.07, 6.45) is 3.10. The summed E-state index contributed by atoms with van der Waals surface area (Å²) < 4.78 is 7.23. The molecule has 3 rings (SSSR count). The highest BCUT2D eigenvalue weighted by molar-refractivity contribution is 6.30. The monoisotopic (exact) mass is 378 g/mol. The third-order valence-corrected chi connectivity index (χ3v) is 4.54. The summed E-state index contributed by atoms with van der Waals surface area (Å²) in [4.78, 5) is 26.3. The van der Waals surface area contributed by atoms with Crippen molar-refractivity contribution in [1.82, 2.24) is 20.2 Å². The number of carbonyl (C=O) groups is 2. The number of rotatable bonds is 3. The number of ether oxygens (including phenoxy) is 1. The van der Waals surface area contributed by atoms with Gasteiger partial charge in [-0.25, -0.2) is 5.48 Å². The van der Waals surface area contributed by atoms with Crippen molar-refractivity contribution in [2.75, 3.05) is 13.2 Å². The summed E-state index contributed by atoms with van der Waals surface area (Å²) in [5, 5.41) is 13.4. The lowest BCUT2D eigenvalue weighted by molar-refractivity contribution is -0.140. The second kappa shape index (κ2) is 6.97. The zero-order valence-electron chi connectivity index (χ0n) is 14.4. The Morgan fingerprint density at radius 3 is 2.81 bits per heavy atom. The van der Waals surface area contributed by atoms with Crippen LogP contribution >= 0.6 is 11.6 Å². The second-order valence-electron chi connectivity index (χ2n) is 6.50. The van der Waals surface area contributed by atoms with Crippen LogP contribution in [0.2, 0.25) is 5.02 Å². The van der Waals surface area contributed by atoms with Gasteiger partial charge < -0.3 is 9.64 Å². The molecular weight excluding hydrogens is 360 g/mol. The Bertz CT molecular complexity index is 849. The minimum Gasteiger partial charge on any atom is -0.491 e. The van der Waals surface area contributed by atoms with Crippen molar-refractivity contribution >= 4 is 23.4 Å². The van der Waals surface area contributed by atoms with E-state index in [1.54, 1.807) is 53.3 Å². The molecule has 2 heterocycles. The first-order chi connectivity index (χ1) is 12.3. The van der Waals surface area contributed by atoms with Gasteiger partial charge in [0, 0.05) is 23.9 Å². The topological polar surface area (TPSA) is 96.7 Å². The van der Waals surface area contributed by atoms with Crippen molar-refractivity contribution in [2.45, 2.75) is 25.9 Å². The average Bonchev–Trinajstić information content (AvgIpc) is 2.96. The molecule has 2 amide bonds. The van der Waals surface area contributed by atoms with Crippen molar-refractivity contribution in [3.05, 3.63) is 46.7 Å². The van der Waals surface area contributed by atoms with Gasteiger partial charge in [-0.15, -0.1) is 0 Å². The summed E-state index contributed by atoms with van der Waals surface area (Å²) in [6.45, 7) is 4.58. The Kier molecular flexibility index (Phi) is 4.88. The quantitative estimate of drug-likeness (QED) is 0.627. The van der Waals surface area contributed by atoms with E-state index in [4.69, 9.17) is 21.5 Å². The number of aromatic nitrogens is 2. The van der Waals surface area contributed by atoms with E-state index in [2.05, 4.69) is 5.10 Å². The molecule has 1 aliphatic rings. The van der Waals surface area contributed by atoms with Crippen molar-refractivity contribution in [3.8, 4) is 5.75 Å². The fourth-order valence-corrected chi connectivity index (χ4v) is 2.98. The van der Waals surface area contributed by atoms with Crippen molar-refractivity contribution in [3.63, 3.8) is 0 Å². The molecule has 0 aliphatic carbocycles. The van der Waals surface area contributed by atoms with Gasteiger partial charge >= 0.3 is 0 Å². The summed E-state index contributed by atoms with van der Waals surface area (Å²) >= 11 is 5.92. The van der Waals surface area contributed by atoms with E-state index in [0.29, 0.717) is 30.5 Å². The highest BCUT2D eigenvalue weighted by atomic mass is 35.5. The first-order valence-corrected chi connectivity index (χ1v) is 8.41. The number of hydrogen-bond acceptors (Lipinski definition) is 5. The first-order valence-electron chi connectivity index (χ1n) is 8.03. The minimum absolute atomic E-state index is 0.120. The van der Waals surface area contributed by atoms with E-state index >= 15 is 0 Å². The Morgan fingerprint density at radius 1 is 1.38 bits per heavy atom. The number of carbonyl (C=O) groups excluding carboxylic acids is 2. The molecule has 2 N–H and O–H groups in total. The molecule has 0 unspecified atom stereocenters. The molecule has 1 aromatic heterocycles. The Labute approximate surface area is 155 Å². The van der Waals surface area contributed by atoms with E-state index < -0.39 is 11.4 Å². The molecule has 8 nitrogen and oxygen atoms in total. The van der Waals surface area contributed by atoms with Gasteiger partial charge in [0.2, 0.25) is 5.91 Å². The minimum atomic E-state index is -0.908. The predicted octanol–water partition coefficient (Wildman–Crippen LogP) is 1.81. The molecule has 0 spiro atoms. The van der Waals surface area contributed by atoms with Gasteiger partial charge in [0.25, 0.3) is 5.91 Å². The number of amides is 2. The van der Waals surface area contributed by atoms with E-state index in [1.165, 1.54) is 6.20 Å². The predicted molar refractivity (Wildman–Crippen MR) is 93.2 cm³/mol. The van der Waals surface area contributed by atoms with Crippen LogP contribution in [-0.2, 0) is 16.9 Å². The number of benzene rings is 1. The number of halogens is 1. The maximum Gasteiger partial charge on any atom is 0.274 e. The van der Waals surface area contributed by atoms with Crippen LogP contribution in [0.1, 0.15) is 29.8 Å². The molecule has 2 aromatic rings. The molecule has 138 valence electrons. The van der Waals surface area contributed by atoms with Crippen LogP contribution in [0.4, 0.5) is 0 Å². The third kappa shape index (κ3) is 3.38. The van der Waals surface area contributed by atoms with Crippen LogP contribution in [0.25, 0.3) is 0 Å². The fourth-order valence-electron chi connectivity index (χ4n) is 2.84. The smallest absolute Gasteiger partial charge is 0.274 e. The SMILES string of the molecule is CC(C)(C(=O)N1CCOc2cc(C(=O)NO)ccc2C1)n1cc(Cl)cn1. The normalized spacial score (nSPS) is 14.2. The molecule has 0 saturated heterocycles. The maximum atomic E-state index is 13.1. The van der Waals surface area contributed by atoms with Crippen molar-refractivity contribution < 1.29 is 19.5 Å². The highest BCUT2D eigenvalue weighted by Crippen LogP contribution is 2.27. The van der Waals surface area contributed by atoms with Crippen LogP contribution in [0, 0.1) is 0 Å². The molecule has 9 heteroatoms. The molecular formula is C17H19ClN4O4. The third-order valence-electron chi connectivity index (χ3n) is 4.35. The van der Waals surface area contributed by atoms with Crippen LogP contribution in [0.3, 0.4) is 0 Å². The van der Waals surface area contributed by atoms with E-state index in [-0.39, 0.29) is 11.5 Å². The average molecular weight is 379 g/mol. The number of nitrogens with one attached hydrogen (secondary N) is 1. The van der Waals surface area contributed by atoms with Crippen LogP contribution in [0.15, 0.2) is 30.6 Å². The number of nitrogens with zero attached hydrogens (tertiary/aromatic N) is 3. The lowest BCUT2D eigenvalue weighted by Gasteiger charge is -2.31.